The van der Waals surface area contributed by atoms with Gasteiger partial charge in [-0.25, -0.2) is 0 Å². The number of benzene rings is 1. The largest absolute Gasteiger partial charge is 0.311 e. The Kier molecular flexibility index (Phi) is 5.72. The van der Waals surface area contributed by atoms with E-state index in [1.54, 1.807) is 0 Å². The first-order chi connectivity index (χ1) is 9.19. The number of fused-ring (bicyclic) bond motifs is 1. The van der Waals surface area contributed by atoms with Crippen molar-refractivity contribution in [2.24, 2.45) is 0 Å². The highest BCUT2D eigenvalue weighted by atomic mass is 35.5. The van der Waals surface area contributed by atoms with E-state index in [9.17, 15) is 0 Å². The normalized spacial score (nSPS) is 19.4. The second-order valence-electron chi connectivity index (χ2n) is 5.94. The first-order valence-corrected chi connectivity index (χ1v) is 8.10. The summed E-state index contributed by atoms with van der Waals surface area (Å²) < 4.78 is 0. The first-order valence-electron chi connectivity index (χ1n) is 7.72. The molecule has 0 aliphatic heterocycles. The van der Waals surface area contributed by atoms with Crippen molar-refractivity contribution in [1.29, 1.82) is 0 Å². The Balaban J connectivity index is 1.74. The van der Waals surface area contributed by atoms with Gasteiger partial charge in [0.2, 0.25) is 0 Å². The van der Waals surface area contributed by atoms with Gasteiger partial charge in [-0.15, -0.1) is 0 Å². The Morgan fingerprint density at radius 2 is 2.00 bits per heavy atom. The molecule has 19 heavy (non-hydrogen) atoms. The summed E-state index contributed by atoms with van der Waals surface area (Å²) >= 11 is 6.05. The van der Waals surface area contributed by atoms with Crippen molar-refractivity contribution in [2.45, 2.75) is 70.9 Å². The lowest BCUT2D eigenvalue weighted by Gasteiger charge is -2.19. The van der Waals surface area contributed by atoms with Crippen molar-refractivity contribution in [2.75, 3.05) is 0 Å². The van der Waals surface area contributed by atoms with Gasteiger partial charge in [-0.3, -0.25) is 0 Å². The van der Waals surface area contributed by atoms with Gasteiger partial charge in [0.05, 0.1) is 0 Å². The quantitative estimate of drug-likeness (QED) is 0.710. The summed E-state index contributed by atoms with van der Waals surface area (Å²) in [7, 11) is 0. The molecule has 1 aromatic rings. The second-order valence-corrected chi connectivity index (χ2v) is 6.37. The van der Waals surface area contributed by atoms with Gasteiger partial charge in [0.15, 0.2) is 0 Å². The van der Waals surface area contributed by atoms with Crippen LogP contribution < -0.4 is 5.32 Å². The molecule has 0 bridgehead atoms. The van der Waals surface area contributed by atoms with E-state index >= 15 is 0 Å². The van der Waals surface area contributed by atoms with Crippen molar-refractivity contribution in [3.63, 3.8) is 0 Å². The maximum atomic E-state index is 6.05. The Bertz CT molecular complexity index is 402. The van der Waals surface area contributed by atoms with Crippen molar-refractivity contribution in [3.8, 4) is 0 Å². The van der Waals surface area contributed by atoms with Crippen molar-refractivity contribution in [1.82, 2.24) is 5.32 Å². The van der Waals surface area contributed by atoms with Crippen LogP contribution in [0.3, 0.4) is 0 Å². The van der Waals surface area contributed by atoms with E-state index in [1.807, 2.05) is 6.07 Å². The molecule has 106 valence electrons. The van der Waals surface area contributed by atoms with Crippen LogP contribution >= 0.6 is 11.6 Å². The van der Waals surface area contributed by atoms with Crippen LogP contribution in [-0.2, 0) is 12.8 Å². The van der Waals surface area contributed by atoms with Crippen molar-refractivity contribution >= 4 is 11.6 Å². The lowest BCUT2D eigenvalue weighted by atomic mass is 10.1. The fraction of sp³-hybridized carbons (Fsp3) is 0.647. The van der Waals surface area contributed by atoms with Gasteiger partial charge < -0.3 is 5.32 Å². The minimum atomic E-state index is 0.606. The number of rotatable bonds is 7. The first kappa shape index (κ1) is 14.9. The predicted octanol–water partition coefficient (Wildman–Crippen LogP) is 4.76. The molecule has 0 amide bonds. The van der Waals surface area contributed by atoms with E-state index in [2.05, 4.69) is 31.3 Å². The maximum absolute atomic E-state index is 6.05. The molecule has 1 aliphatic carbocycles. The SMILES string of the molecule is CCCCCCC(C)NC1Cc2ccc(Cl)cc2C1. The summed E-state index contributed by atoms with van der Waals surface area (Å²) in [6, 6.07) is 7.56. The molecule has 1 aliphatic rings. The number of hydrogen-bond donors (Lipinski definition) is 1. The monoisotopic (exact) mass is 279 g/mol. The third kappa shape index (κ3) is 4.50. The van der Waals surface area contributed by atoms with E-state index in [-0.39, 0.29) is 0 Å². The van der Waals surface area contributed by atoms with Gasteiger partial charge >= 0.3 is 0 Å². The highest BCUT2D eigenvalue weighted by Gasteiger charge is 2.22. The van der Waals surface area contributed by atoms with Crippen LogP contribution in [-0.4, -0.2) is 12.1 Å². The minimum absolute atomic E-state index is 0.606. The molecule has 1 aromatic carbocycles. The minimum Gasteiger partial charge on any atom is -0.311 e. The van der Waals surface area contributed by atoms with Crippen LogP contribution in [0.4, 0.5) is 0 Å². The predicted molar refractivity (Wildman–Crippen MR) is 84.0 cm³/mol. The Morgan fingerprint density at radius 3 is 2.79 bits per heavy atom. The Hall–Kier alpha value is -0.530. The molecule has 0 saturated heterocycles. The smallest absolute Gasteiger partial charge is 0.0408 e. The average molecular weight is 280 g/mol. The van der Waals surface area contributed by atoms with Crippen molar-refractivity contribution < 1.29 is 0 Å². The average Bonchev–Trinajstić information content (AvgIpc) is 2.76. The molecule has 0 heterocycles. The highest BCUT2D eigenvalue weighted by Crippen LogP contribution is 2.25. The molecule has 2 atom stereocenters. The van der Waals surface area contributed by atoms with Crippen LogP contribution in [0.25, 0.3) is 0 Å². The van der Waals surface area contributed by atoms with Gasteiger partial charge in [-0.1, -0.05) is 50.3 Å². The van der Waals surface area contributed by atoms with E-state index in [0.29, 0.717) is 12.1 Å². The van der Waals surface area contributed by atoms with Crippen LogP contribution in [0.15, 0.2) is 18.2 Å². The zero-order valence-electron chi connectivity index (χ0n) is 12.2. The molecule has 0 spiro atoms. The van der Waals surface area contributed by atoms with Crippen LogP contribution in [0.2, 0.25) is 5.02 Å². The topological polar surface area (TPSA) is 12.0 Å². The molecule has 0 saturated carbocycles. The summed E-state index contributed by atoms with van der Waals surface area (Å²) in [4.78, 5) is 0. The third-order valence-corrected chi connectivity index (χ3v) is 4.35. The molecule has 1 nitrogen and oxygen atoms in total. The van der Waals surface area contributed by atoms with Crippen LogP contribution in [0, 0.1) is 0 Å². The molecule has 2 rings (SSSR count). The van der Waals surface area contributed by atoms with E-state index < -0.39 is 0 Å². The maximum Gasteiger partial charge on any atom is 0.0408 e. The lowest BCUT2D eigenvalue weighted by molar-refractivity contribution is 0.421. The Labute approximate surface area is 122 Å². The summed E-state index contributed by atoms with van der Waals surface area (Å²) in [5, 5.41) is 4.65. The standard InChI is InChI=1S/C17H26ClN/c1-3-4-5-6-7-13(2)19-17-11-14-8-9-16(18)10-15(14)12-17/h8-10,13,17,19H,3-7,11-12H2,1-2H3. The van der Waals surface area contributed by atoms with Crippen molar-refractivity contribution in [3.05, 3.63) is 34.3 Å². The summed E-state index contributed by atoms with van der Waals surface area (Å²) in [6.07, 6.45) is 9.02. The lowest BCUT2D eigenvalue weighted by Crippen LogP contribution is -2.37. The number of hydrogen-bond acceptors (Lipinski definition) is 1. The number of nitrogens with one attached hydrogen (secondary N) is 1. The molecule has 0 fully saturated rings. The van der Waals surface area contributed by atoms with Gasteiger partial charge in [0, 0.05) is 17.1 Å². The fourth-order valence-corrected chi connectivity index (χ4v) is 3.26. The fourth-order valence-electron chi connectivity index (χ4n) is 3.07. The summed E-state index contributed by atoms with van der Waals surface area (Å²) in [6.45, 7) is 4.59. The third-order valence-electron chi connectivity index (χ3n) is 4.11. The molecular formula is C17H26ClN. The number of unbranched alkanes of at least 4 members (excludes halogenated alkanes) is 3. The van der Waals surface area contributed by atoms with Gasteiger partial charge in [-0.05, 0) is 49.4 Å². The molecule has 2 unspecified atom stereocenters. The Morgan fingerprint density at radius 1 is 1.21 bits per heavy atom. The second kappa shape index (κ2) is 7.31. The van der Waals surface area contributed by atoms with Gasteiger partial charge in [0.1, 0.15) is 0 Å². The number of halogens is 1. The zero-order valence-corrected chi connectivity index (χ0v) is 13.0. The van der Waals surface area contributed by atoms with E-state index in [4.69, 9.17) is 11.6 Å². The molecular weight excluding hydrogens is 254 g/mol. The molecule has 1 N–H and O–H groups in total. The molecule has 0 aromatic heterocycles. The van der Waals surface area contributed by atoms with Gasteiger partial charge in [-0.2, -0.15) is 0 Å². The van der Waals surface area contributed by atoms with Crippen LogP contribution in [0.5, 0.6) is 0 Å². The van der Waals surface area contributed by atoms with E-state index in [1.165, 1.54) is 43.2 Å². The zero-order chi connectivity index (χ0) is 13.7. The van der Waals surface area contributed by atoms with Gasteiger partial charge in [0.25, 0.3) is 0 Å². The molecule has 0 radical (unpaired) electrons. The highest BCUT2D eigenvalue weighted by molar-refractivity contribution is 6.30. The van der Waals surface area contributed by atoms with E-state index in [0.717, 1.165) is 17.9 Å². The summed E-state index contributed by atoms with van der Waals surface area (Å²) in [5.74, 6) is 0. The summed E-state index contributed by atoms with van der Waals surface area (Å²) in [5.41, 5.74) is 2.91. The molecule has 2 heteroatoms. The van der Waals surface area contributed by atoms with Crippen LogP contribution in [0.1, 0.15) is 57.1 Å².